The molecule has 4 nitrogen and oxygen atoms in total. The Bertz CT molecular complexity index is 992. The molecule has 0 spiro atoms. The minimum absolute atomic E-state index is 0.0426. The predicted molar refractivity (Wildman–Crippen MR) is 116 cm³/mol. The highest BCUT2D eigenvalue weighted by molar-refractivity contribution is 7.14. The van der Waals surface area contributed by atoms with Crippen LogP contribution in [-0.2, 0) is 4.79 Å². The van der Waals surface area contributed by atoms with Crippen LogP contribution in [0.4, 0.5) is 5.13 Å². The van der Waals surface area contributed by atoms with Gasteiger partial charge in [-0.05, 0) is 67.1 Å². The van der Waals surface area contributed by atoms with E-state index in [4.69, 9.17) is 4.74 Å². The fraction of sp³-hybridized carbons (Fsp3) is 0.304. The lowest BCUT2D eigenvalue weighted by Crippen LogP contribution is -2.20. The quantitative estimate of drug-likeness (QED) is 0.568. The zero-order chi connectivity index (χ0) is 20.3. The summed E-state index contributed by atoms with van der Waals surface area (Å²) in [6.07, 6.45) is 0. The van der Waals surface area contributed by atoms with Crippen molar-refractivity contribution in [3.63, 3.8) is 0 Å². The lowest BCUT2D eigenvalue weighted by molar-refractivity contribution is -0.118. The third-order valence-corrected chi connectivity index (χ3v) is 5.54. The van der Waals surface area contributed by atoms with Gasteiger partial charge in [-0.15, -0.1) is 11.3 Å². The summed E-state index contributed by atoms with van der Waals surface area (Å²) in [5, 5.41) is 5.35. The molecule has 0 unspecified atom stereocenters. The van der Waals surface area contributed by atoms with Crippen LogP contribution in [0.1, 0.15) is 42.0 Å². The highest BCUT2D eigenvalue weighted by Gasteiger charge is 2.10. The second-order valence-electron chi connectivity index (χ2n) is 7.35. The Kier molecular flexibility index (Phi) is 6.15. The number of amides is 1. The van der Waals surface area contributed by atoms with Crippen LogP contribution >= 0.6 is 11.3 Å². The molecule has 0 aliphatic rings. The first-order chi connectivity index (χ1) is 13.3. The van der Waals surface area contributed by atoms with Gasteiger partial charge >= 0.3 is 0 Å². The molecular formula is C23H26N2O2S. The average Bonchev–Trinajstić information content (AvgIpc) is 3.10. The Morgan fingerprint density at radius 3 is 2.54 bits per heavy atom. The van der Waals surface area contributed by atoms with E-state index in [1.165, 1.54) is 33.6 Å². The highest BCUT2D eigenvalue weighted by Crippen LogP contribution is 2.27. The predicted octanol–water partition coefficient (Wildman–Crippen LogP) is 5.88. The maximum absolute atomic E-state index is 12.2. The highest BCUT2D eigenvalue weighted by atomic mass is 32.1. The molecule has 1 aromatic heterocycles. The summed E-state index contributed by atoms with van der Waals surface area (Å²) in [4.78, 5) is 16.7. The van der Waals surface area contributed by atoms with Crippen LogP contribution in [0.5, 0.6) is 5.75 Å². The van der Waals surface area contributed by atoms with E-state index < -0.39 is 0 Å². The van der Waals surface area contributed by atoms with Crippen molar-refractivity contribution in [3.05, 3.63) is 64.0 Å². The van der Waals surface area contributed by atoms with E-state index in [2.05, 4.69) is 69.2 Å². The maximum atomic E-state index is 12.2. The largest absolute Gasteiger partial charge is 0.484 e. The first kappa shape index (κ1) is 20.1. The second-order valence-corrected chi connectivity index (χ2v) is 8.20. The maximum Gasteiger partial charge on any atom is 0.264 e. The van der Waals surface area contributed by atoms with Gasteiger partial charge in [0.25, 0.3) is 5.91 Å². The lowest BCUT2D eigenvalue weighted by Gasteiger charge is -2.12. The topological polar surface area (TPSA) is 51.2 Å². The number of aromatic nitrogens is 1. The van der Waals surface area contributed by atoms with Crippen LogP contribution in [0.25, 0.3) is 11.3 Å². The number of nitrogens with zero attached hydrogens (tertiary/aromatic N) is 1. The van der Waals surface area contributed by atoms with E-state index in [0.29, 0.717) is 16.8 Å². The van der Waals surface area contributed by atoms with Crippen LogP contribution in [0.3, 0.4) is 0 Å². The minimum Gasteiger partial charge on any atom is -0.484 e. The molecule has 3 rings (SSSR count). The van der Waals surface area contributed by atoms with Gasteiger partial charge in [0, 0.05) is 10.9 Å². The second kappa shape index (κ2) is 8.57. The van der Waals surface area contributed by atoms with Gasteiger partial charge < -0.3 is 4.74 Å². The molecule has 0 aliphatic heterocycles. The first-order valence-corrected chi connectivity index (χ1v) is 10.3. The monoisotopic (exact) mass is 394 g/mol. The number of benzene rings is 2. The van der Waals surface area contributed by atoms with Crippen LogP contribution in [0.15, 0.2) is 41.8 Å². The number of ether oxygens (including phenoxy) is 1. The van der Waals surface area contributed by atoms with Gasteiger partial charge in [0.05, 0.1) is 5.69 Å². The smallest absolute Gasteiger partial charge is 0.264 e. The van der Waals surface area contributed by atoms with Crippen molar-refractivity contribution in [2.45, 2.75) is 40.5 Å². The van der Waals surface area contributed by atoms with Crippen LogP contribution in [0, 0.1) is 20.8 Å². The zero-order valence-electron chi connectivity index (χ0n) is 17.0. The lowest BCUT2D eigenvalue weighted by atomic mass is 9.98. The number of carbonyl (C=O) groups is 1. The molecule has 1 N–H and O–H groups in total. The van der Waals surface area contributed by atoms with Gasteiger partial charge in [0.15, 0.2) is 11.7 Å². The number of aryl methyl sites for hydroxylation is 3. The van der Waals surface area contributed by atoms with Crippen molar-refractivity contribution < 1.29 is 9.53 Å². The molecule has 0 radical (unpaired) electrons. The van der Waals surface area contributed by atoms with Crippen molar-refractivity contribution in [2.75, 3.05) is 11.9 Å². The Morgan fingerprint density at radius 2 is 1.86 bits per heavy atom. The van der Waals surface area contributed by atoms with E-state index >= 15 is 0 Å². The van der Waals surface area contributed by atoms with Crippen molar-refractivity contribution in [2.24, 2.45) is 0 Å². The Hall–Kier alpha value is -2.66. The van der Waals surface area contributed by atoms with Crippen LogP contribution < -0.4 is 10.1 Å². The van der Waals surface area contributed by atoms with Gasteiger partial charge in [0.2, 0.25) is 0 Å². The molecule has 5 heteroatoms. The fourth-order valence-electron chi connectivity index (χ4n) is 3.05. The van der Waals surface area contributed by atoms with Gasteiger partial charge in [-0.1, -0.05) is 32.0 Å². The molecule has 1 heterocycles. The summed E-state index contributed by atoms with van der Waals surface area (Å²) in [7, 11) is 0. The van der Waals surface area contributed by atoms with Gasteiger partial charge in [-0.3, -0.25) is 10.1 Å². The van der Waals surface area contributed by atoms with Gasteiger partial charge in [-0.25, -0.2) is 4.98 Å². The summed E-state index contributed by atoms with van der Waals surface area (Å²) in [5.74, 6) is 0.951. The fourth-order valence-corrected chi connectivity index (χ4v) is 3.79. The Balaban J connectivity index is 1.59. The Morgan fingerprint density at radius 1 is 1.07 bits per heavy atom. The molecule has 2 aromatic carbocycles. The third kappa shape index (κ3) is 4.78. The molecule has 28 heavy (non-hydrogen) atoms. The molecule has 0 bridgehead atoms. The zero-order valence-corrected chi connectivity index (χ0v) is 17.8. The summed E-state index contributed by atoms with van der Waals surface area (Å²) >= 11 is 1.41. The molecule has 146 valence electrons. The molecule has 3 aromatic rings. The van der Waals surface area contributed by atoms with Crippen molar-refractivity contribution in [1.29, 1.82) is 0 Å². The van der Waals surface area contributed by atoms with Crippen molar-refractivity contribution in [3.8, 4) is 17.0 Å². The first-order valence-electron chi connectivity index (χ1n) is 9.40. The number of rotatable bonds is 6. The number of hydrogen-bond acceptors (Lipinski definition) is 4. The number of carbonyl (C=O) groups excluding carboxylic acids is 1. The summed E-state index contributed by atoms with van der Waals surface area (Å²) in [6.45, 7) is 10.5. The molecule has 0 fully saturated rings. The van der Waals surface area contributed by atoms with E-state index in [1.807, 2.05) is 17.5 Å². The summed E-state index contributed by atoms with van der Waals surface area (Å²) < 4.78 is 5.64. The molecule has 0 saturated heterocycles. The Labute approximate surface area is 170 Å². The SMILES string of the molecule is Cc1ccc(-c2csc(NC(=O)COc3ccc(C(C)C)c(C)c3)n2)cc1C. The minimum atomic E-state index is -0.216. The van der Waals surface area contributed by atoms with Gasteiger partial charge in [-0.2, -0.15) is 0 Å². The molecular weight excluding hydrogens is 368 g/mol. The van der Waals surface area contributed by atoms with E-state index in [9.17, 15) is 4.79 Å². The molecule has 0 atom stereocenters. The standard InChI is InChI=1S/C23H26N2O2S/c1-14(2)20-9-8-19(11-17(20)5)27-12-22(26)25-23-24-21(13-28-23)18-7-6-15(3)16(4)10-18/h6-11,13-14H,12H2,1-5H3,(H,24,25,26). The van der Waals surface area contributed by atoms with Crippen LogP contribution in [-0.4, -0.2) is 17.5 Å². The average molecular weight is 395 g/mol. The summed E-state index contributed by atoms with van der Waals surface area (Å²) in [6, 6.07) is 12.2. The number of thiazole rings is 1. The number of anilines is 1. The number of hydrogen-bond donors (Lipinski definition) is 1. The normalized spacial score (nSPS) is 10.9. The van der Waals surface area contributed by atoms with Crippen molar-refractivity contribution >= 4 is 22.4 Å². The molecule has 0 saturated carbocycles. The number of nitrogens with one attached hydrogen (secondary N) is 1. The van der Waals surface area contributed by atoms with Crippen LogP contribution in [0.2, 0.25) is 0 Å². The summed E-state index contributed by atoms with van der Waals surface area (Å²) in [5.41, 5.74) is 6.86. The molecule has 0 aliphatic carbocycles. The van der Waals surface area contributed by atoms with E-state index in [0.717, 1.165) is 11.3 Å². The van der Waals surface area contributed by atoms with E-state index in [-0.39, 0.29) is 12.5 Å². The molecule has 1 amide bonds. The van der Waals surface area contributed by atoms with Crippen molar-refractivity contribution in [1.82, 2.24) is 4.98 Å². The third-order valence-electron chi connectivity index (χ3n) is 4.79. The van der Waals surface area contributed by atoms with E-state index in [1.54, 1.807) is 0 Å². The van der Waals surface area contributed by atoms with Gasteiger partial charge in [0.1, 0.15) is 5.75 Å².